The van der Waals surface area contributed by atoms with E-state index in [4.69, 9.17) is 4.74 Å². The molecule has 1 aromatic heterocycles. The Morgan fingerprint density at radius 3 is 2.47 bits per heavy atom. The second-order valence-electron chi connectivity index (χ2n) is 6.00. The minimum Gasteiger partial charge on any atom is -0.496 e. The van der Waals surface area contributed by atoms with E-state index < -0.39 is 0 Å². The highest BCUT2D eigenvalue weighted by atomic mass is 32.2. The Balaban J connectivity index is 1.52. The van der Waals surface area contributed by atoms with Gasteiger partial charge >= 0.3 is 0 Å². The Hall–Kier alpha value is -3.24. The fourth-order valence-corrected chi connectivity index (χ4v) is 3.97. The fourth-order valence-electron chi connectivity index (χ4n) is 2.43. The van der Waals surface area contributed by atoms with Crippen molar-refractivity contribution in [1.82, 2.24) is 10.2 Å². The highest BCUT2D eigenvalue weighted by molar-refractivity contribution is 8.01. The molecule has 0 aliphatic carbocycles. The molecule has 0 fully saturated rings. The third kappa shape index (κ3) is 5.65. The Labute approximate surface area is 181 Å². The average molecular weight is 443 g/mol. The lowest BCUT2D eigenvalue weighted by molar-refractivity contribution is -0.113. The molecule has 3 aromatic rings. The number of hydrogen-bond acceptors (Lipinski definition) is 8. The van der Waals surface area contributed by atoms with Gasteiger partial charge in [0.1, 0.15) is 5.75 Å². The van der Waals surface area contributed by atoms with Gasteiger partial charge in [0.2, 0.25) is 11.0 Å². The first-order valence-electron chi connectivity index (χ1n) is 8.78. The predicted octanol–water partition coefficient (Wildman–Crippen LogP) is 3.73. The van der Waals surface area contributed by atoms with Gasteiger partial charge in [-0.15, -0.1) is 10.2 Å². The Morgan fingerprint density at radius 2 is 1.77 bits per heavy atom. The van der Waals surface area contributed by atoms with Crippen LogP contribution < -0.4 is 15.4 Å². The highest BCUT2D eigenvalue weighted by Gasteiger charge is 2.15. The summed E-state index contributed by atoms with van der Waals surface area (Å²) in [6, 6.07) is 13.5. The molecule has 2 aromatic carbocycles. The van der Waals surface area contributed by atoms with Gasteiger partial charge in [-0.2, -0.15) is 0 Å². The minimum atomic E-state index is -0.355. The molecule has 0 aliphatic rings. The first kappa shape index (κ1) is 21.5. The summed E-state index contributed by atoms with van der Waals surface area (Å²) < 4.78 is 5.73. The predicted molar refractivity (Wildman–Crippen MR) is 117 cm³/mol. The lowest BCUT2D eigenvalue weighted by Crippen LogP contribution is -2.14. The molecule has 1 heterocycles. The van der Waals surface area contributed by atoms with Crippen LogP contribution in [0, 0.1) is 0 Å². The number of Topliss-reactive ketones (excluding diaryl/α,β-unsaturated/α-hetero) is 1. The van der Waals surface area contributed by atoms with Gasteiger partial charge in [0.25, 0.3) is 5.91 Å². The monoisotopic (exact) mass is 442 g/mol. The minimum absolute atomic E-state index is 0.0340. The van der Waals surface area contributed by atoms with Gasteiger partial charge in [0, 0.05) is 11.3 Å². The molecule has 2 N–H and O–H groups in total. The molecule has 154 valence electrons. The first-order chi connectivity index (χ1) is 14.5. The summed E-state index contributed by atoms with van der Waals surface area (Å²) in [4.78, 5) is 35.8. The number of rotatable bonds is 8. The van der Waals surface area contributed by atoms with Gasteiger partial charge in [0.15, 0.2) is 10.1 Å². The number of anilines is 2. The Bertz CT molecular complexity index is 1070. The number of methoxy groups -OCH3 is 1. The molecule has 30 heavy (non-hydrogen) atoms. The summed E-state index contributed by atoms with van der Waals surface area (Å²) in [5.41, 5.74) is 1.58. The van der Waals surface area contributed by atoms with E-state index in [0.29, 0.717) is 32.0 Å². The van der Waals surface area contributed by atoms with Crippen molar-refractivity contribution < 1.29 is 19.1 Å². The van der Waals surface area contributed by atoms with Crippen molar-refractivity contribution in [2.75, 3.05) is 23.5 Å². The number of ether oxygens (including phenoxy) is 1. The maximum Gasteiger partial charge on any atom is 0.261 e. The van der Waals surface area contributed by atoms with Crippen LogP contribution >= 0.6 is 23.1 Å². The molecule has 0 spiro atoms. The molecule has 0 unspecified atom stereocenters. The van der Waals surface area contributed by atoms with Crippen molar-refractivity contribution in [1.29, 1.82) is 0 Å². The third-order valence-electron chi connectivity index (χ3n) is 3.88. The van der Waals surface area contributed by atoms with E-state index in [1.54, 1.807) is 48.5 Å². The average Bonchev–Trinajstić information content (AvgIpc) is 3.19. The molecular formula is C20H18N4O4S2. The summed E-state index contributed by atoms with van der Waals surface area (Å²) in [6.07, 6.45) is 0. The lowest BCUT2D eigenvalue weighted by atomic mass is 10.1. The molecule has 2 amide bonds. The van der Waals surface area contributed by atoms with Crippen LogP contribution in [-0.4, -0.2) is 40.7 Å². The van der Waals surface area contributed by atoms with E-state index in [1.165, 1.54) is 37.1 Å². The van der Waals surface area contributed by atoms with Gasteiger partial charge in [-0.1, -0.05) is 35.2 Å². The van der Waals surface area contributed by atoms with Crippen molar-refractivity contribution in [2.45, 2.75) is 11.3 Å². The molecular weight excluding hydrogens is 424 g/mol. The summed E-state index contributed by atoms with van der Waals surface area (Å²) >= 11 is 2.38. The van der Waals surface area contributed by atoms with Crippen molar-refractivity contribution in [3.05, 3.63) is 59.7 Å². The maximum atomic E-state index is 12.4. The molecule has 3 rings (SSSR count). The number of nitrogens with one attached hydrogen (secondary N) is 2. The number of carbonyl (C=O) groups is 3. The fraction of sp³-hybridized carbons (Fsp3) is 0.150. The Morgan fingerprint density at radius 1 is 1.03 bits per heavy atom. The summed E-state index contributed by atoms with van der Waals surface area (Å²) in [7, 11) is 1.49. The van der Waals surface area contributed by atoms with Crippen LogP contribution in [0.25, 0.3) is 0 Å². The van der Waals surface area contributed by atoms with E-state index in [9.17, 15) is 14.4 Å². The van der Waals surface area contributed by atoms with Crippen molar-refractivity contribution >= 4 is 51.5 Å². The topological polar surface area (TPSA) is 110 Å². The molecule has 0 saturated heterocycles. The van der Waals surface area contributed by atoms with E-state index in [0.717, 1.165) is 0 Å². The van der Waals surface area contributed by atoms with E-state index in [-0.39, 0.29) is 23.4 Å². The molecule has 0 saturated carbocycles. The molecule has 0 atom stereocenters. The third-order valence-corrected chi connectivity index (χ3v) is 5.85. The van der Waals surface area contributed by atoms with E-state index in [1.807, 2.05) is 0 Å². The molecule has 0 radical (unpaired) electrons. The summed E-state index contributed by atoms with van der Waals surface area (Å²) in [5.74, 6) is -0.0171. The smallest absolute Gasteiger partial charge is 0.261 e. The van der Waals surface area contributed by atoms with Crippen molar-refractivity contribution in [3.63, 3.8) is 0 Å². The second kappa shape index (κ2) is 9.99. The van der Waals surface area contributed by atoms with Gasteiger partial charge in [-0.05, 0) is 43.3 Å². The number of nitrogens with zero attached hydrogens (tertiary/aromatic N) is 2. The molecule has 8 nitrogen and oxygen atoms in total. The standard InChI is InChI=1S/C20H18N4O4S2/c1-12(25)13-7-9-14(10-8-13)21-17(26)11-29-20-24-23-19(30-20)22-18(27)15-5-3-4-6-16(15)28-2/h3-10H,11H2,1-2H3,(H,21,26)(H,22,23,27). The van der Waals surface area contributed by atoms with Gasteiger partial charge < -0.3 is 10.1 Å². The van der Waals surface area contributed by atoms with Gasteiger partial charge in [-0.3, -0.25) is 19.7 Å². The maximum absolute atomic E-state index is 12.4. The van der Waals surface area contributed by atoms with Gasteiger partial charge in [0.05, 0.1) is 18.4 Å². The quantitative estimate of drug-likeness (QED) is 0.311. The molecule has 0 aliphatic heterocycles. The Kier molecular flexibility index (Phi) is 7.15. The van der Waals surface area contributed by atoms with Crippen LogP contribution in [0.4, 0.5) is 10.8 Å². The number of ketones is 1. The molecule has 10 heteroatoms. The number of para-hydroxylation sites is 1. The molecule has 0 bridgehead atoms. The van der Waals surface area contributed by atoms with Crippen LogP contribution in [0.5, 0.6) is 5.75 Å². The highest BCUT2D eigenvalue weighted by Crippen LogP contribution is 2.27. The van der Waals surface area contributed by atoms with E-state index in [2.05, 4.69) is 20.8 Å². The van der Waals surface area contributed by atoms with Crippen LogP contribution in [0.2, 0.25) is 0 Å². The largest absolute Gasteiger partial charge is 0.496 e. The van der Waals surface area contributed by atoms with Crippen LogP contribution in [0.3, 0.4) is 0 Å². The SMILES string of the molecule is COc1ccccc1C(=O)Nc1nnc(SCC(=O)Nc2ccc(C(C)=O)cc2)s1. The lowest BCUT2D eigenvalue weighted by Gasteiger charge is -2.06. The normalized spacial score (nSPS) is 10.3. The summed E-state index contributed by atoms with van der Waals surface area (Å²) in [6.45, 7) is 1.49. The second-order valence-corrected chi connectivity index (χ2v) is 8.20. The van der Waals surface area contributed by atoms with Crippen LogP contribution in [0.1, 0.15) is 27.6 Å². The van der Waals surface area contributed by atoms with Crippen molar-refractivity contribution in [2.24, 2.45) is 0 Å². The number of hydrogen-bond donors (Lipinski definition) is 2. The zero-order valence-corrected chi connectivity index (χ0v) is 17.8. The number of thioether (sulfide) groups is 1. The number of carbonyl (C=O) groups excluding carboxylic acids is 3. The van der Waals surface area contributed by atoms with E-state index >= 15 is 0 Å². The van der Waals surface area contributed by atoms with Crippen LogP contribution in [0.15, 0.2) is 52.9 Å². The number of aromatic nitrogens is 2. The zero-order valence-electron chi connectivity index (χ0n) is 16.2. The van der Waals surface area contributed by atoms with Gasteiger partial charge in [-0.25, -0.2) is 0 Å². The number of amides is 2. The zero-order chi connectivity index (χ0) is 21.5. The van der Waals surface area contributed by atoms with Crippen LogP contribution in [-0.2, 0) is 4.79 Å². The first-order valence-corrected chi connectivity index (χ1v) is 10.6. The van der Waals surface area contributed by atoms with Crippen molar-refractivity contribution in [3.8, 4) is 5.75 Å². The number of benzene rings is 2. The summed E-state index contributed by atoms with van der Waals surface area (Å²) in [5, 5.41) is 13.7.